The minimum Gasteiger partial charge on any atom is -0.475 e. The second-order valence-corrected chi connectivity index (χ2v) is 10.3. The molecule has 3 N–H and O–H groups in total. The maximum Gasteiger partial charge on any atom is 0.267 e. The Bertz CT molecular complexity index is 982. The van der Waals surface area contributed by atoms with Gasteiger partial charge in [-0.15, -0.1) is 0 Å². The number of carbonyl (C=O) groups excluding carboxylic acids is 1. The highest BCUT2D eigenvalue weighted by molar-refractivity contribution is 6.31. The lowest BCUT2D eigenvalue weighted by atomic mass is 10.0. The summed E-state index contributed by atoms with van der Waals surface area (Å²) in [6.07, 6.45) is 12.7. The summed E-state index contributed by atoms with van der Waals surface area (Å²) in [5.41, 5.74) is 1.82. The van der Waals surface area contributed by atoms with Gasteiger partial charge in [-0.1, -0.05) is 35.9 Å². The highest BCUT2D eigenvalue weighted by atomic mass is 35.5. The van der Waals surface area contributed by atoms with Gasteiger partial charge < -0.3 is 20.7 Å². The van der Waals surface area contributed by atoms with Crippen LogP contribution in [0.3, 0.4) is 0 Å². The molecule has 0 saturated carbocycles. The van der Waals surface area contributed by atoms with Crippen LogP contribution in [0.25, 0.3) is 0 Å². The Hall–Kier alpha value is -2.52. The largest absolute Gasteiger partial charge is 0.475 e. The Morgan fingerprint density at radius 3 is 2.69 bits per heavy atom. The van der Waals surface area contributed by atoms with Crippen molar-refractivity contribution in [3.63, 3.8) is 0 Å². The molecule has 4 aliphatic rings. The topological polar surface area (TPSA) is 72.1 Å². The Kier molecular flexibility index (Phi) is 8.48. The number of hydrogen-bond acceptors (Lipinski definition) is 7. The fourth-order valence-corrected chi connectivity index (χ4v) is 5.68. The van der Waals surface area contributed by atoms with E-state index in [4.69, 9.17) is 16.3 Å². The number of halogens is 1. The van der Waals surface area contributed by atoms with E-state index >= 15 is 0 Å². The minimum absolute atomic E-state index is 0.0377. The van der Waals surface area contributed by atoms with Crippen molar-refractivity contribution in [2.75, 3.05) is 45.8 Å². The molecule has 194 valence electrons. The molecule has 1 aromatic carbocycles. The summed E-state index contributed by atoms with van der Waals surface area (Å²) in [6, 6.07) is 8.82. The number of hydrogen-bond donors (Lipinski definition) is 3. The molecule has 1 aromatic rings. The average molecular weight is 513 g/mol. The third-order valence-electron chi connectivity index (χ3n) is 7.53. The van der Waals surface area contributed by atoms with Crippen LogP contribution in [-0.2, 0) is 16.1 Å². The Labute approximate surface area is 219 Å². The van der Waals surface area contributed by atoms with Crippen LogP contribution in [0.5, 0.6) is 0 Å². The molecule has 0 bridgehead atoms. The van der Waals surface area contributed by atoms with E-state index in [2.05, 4.69) is 48.9 Å². The summed E-state index contributed by atoms with van der Waals surface area (Å²) in [7, 11) is 0. The van der Waals surface area contributed by atoms with E-state index in [9.17, 15) is 4.79 Å². The number of nitrogens with zero attached hydrogens (tertiary/aromatic N) is 3. The number of likely N-dealkylation sites (tertiary alicyclic amines) is 1. The van der Waals surface area contributed by atoms with Gasteiger partial charge in [0.05, 0.1) is 12.7 Å². The van der Waals surface area contributed by atoms with Gasteiger partial charge in [-0.3, -0.25) is 19.5 Å². The number of carbonyl (C=O) groups is 1. The molecule has 0 spiro atoms. The number of dihydropyridines is 1. The number of piperidine rings is 1. The van der Waals surface area contributed by atoms with Gasteiger partial charge in [-0.2, -0.15) is 0 Å². The first-order chi connectivity index (χ1) is 17.7. The zero-order valence-corrected chi connectivity index (χ0v) is 21.5. The van der Waals surface area contributed by atoms with E-state index in [0.717, 1.165) is 57.3 Å². The van der Waals surface area contributed by atoms with Gasteiger partial charge in [0.25, 0.3) is 5.91 Å². The van der Waals surface area contributed by atoms with Gasteiger partial charge in [0.1, 0.15) is 12.0 Å². The Morgan fingerprint density at radius 1 is 1.08 bits per heavy atom. The van der Waals surface area contributed by atoms with Crippen molar-refractivity contribution in [1.29, 1.82) is 0 Å². The summed E-state index contributed by atoms with van der Waals surface area (Å²) in [5, 5.41) is 10.3. The first-order valence-electron chi connectivity index (χ1n) is 13.1. The maximum absolute atomic E-state index is 12.7. The van der Waals surface area contributed by atoms with E-state index in [0.29, 0.717) is 18.3 Å². The van der Waals surface area contributed by atoms with Crippen molar-refractivity contribution in [3.05, 3.63) is 71.2 Å². The third kappa shape index (κ3) is 6.42. The van der Waals surface area contributed by atoms with Crippen LogP contribution in [0, 0.1) is 0 Å². The number of allylic oxidation sites excluding steroid dienone is 2. The molecule has 2 unspecified atom stereocenters. The van der Waals surface area contributed by atoms with Crippen molar-refractivity contribution in [1.82, 2.24) is 30.7 Å². The van der Waals surface area contributed by atoms with Gasteiger partial charge in [-0.25, -0.2) is 0 Å². The van der Waals surface area contributed by atoms with Crippen LogP contribution >= 0.6 is 11.6 Å². The molecular weight excluding hydrogens is 476 g/mol. The third-order valence-corrected chi connectivity index (χ3v) is 7.90. The monoisotopic (exact) mass is 512 g/mol. The molecule has 2 fully saturated rings. The van der Waals surface area contributed by atoms with Crippen molar-refractivity contribution < 1.29 is 9.53 Å². The summed E-state index contributed by atoms with van der Waals surface area (Å²) < 4.78 is 5.34. The Morgan fingerprint density at radius 2 is 1.89 bits per heavy atom. The van der Waals surface area contributed by atoms with Crippen LogP contribution < -0.4 is 16.0 Å². The second-order valence-electron chi connectivity index (χ2n) is 9.88. The SMILES string of the molecule is O=C(NCC1NC=CO1)C1=CC=CC(N2CCCN(C3CCN(Cc4ccccc4Cl)CC3)CC2)N1. The van der Waals surface area contributed by atoms with Gasteiger partial charge in [0.2, 0.25) is 0 Å². The van der Waals surface area contributed by atoms with E-state index in [1.807, 2.05) is 24.3 Å². The predicted octanol–water partition coefficient (Wildman–Crippen LogP) is 2.21. The van der Waals surface area contributed by atoms with Crippen molar-refractivity contribution in [2.24, 2.45) is 0 Å². The number of nitrogens with one attached hydrogen (secondary N) is 3. The molecule has 8 nitrogen and oxygen atoms in total. The molecule has 0 radical (unpaired) electrons. The standard InChI is InChI=1S/C27H37ClN6O2/c28-23-6-2-1-5-21(23)20-32-14-9-22(10-15-32)33-12-4-13-34(17-16-33)25-8-3-7-24(31-25)27(35)30-19-26-29-11-18-36-26/h1-3,5-8,11,18,22,25-26,29,31H,4,9-10,12-17,19-20H2,(H,30,35). The maximum atomic E-state index is 12.7. The van der Waals surface area contributed by atoms with Crippen LogP contribution in [0.1, 0.15) is 24.8 Å². The molecule has 2 saturated heterocycles. The van der Waals surface area contributed by atoms with Crippen molar-refractivity contribution in [3.8, 4) is 0 Å². The normalized spacial score (nSPS) is 26.0. The number of rotatable bonds is 7. The predicted molar refractivity (Wildman–Crippen MR) is 142 cm³/mol. The van der Waals surface area contributed by atoms with Gasteiger partial charge in [0, 0.05) is 43.4 Å². The molecule has 36 heavy (non-hydrogen) atoms. The van der Waals surface area contributed by atoms with Gasteiger partial charge >= 0.3 is 0 Å². The molecule has 9 heteroatoms. The van der Waals surface area contributed by atoms with Gasteiger partial charge in [0.15, 0.2) is 6.23 Å². The second kappa shape index (κ2) is 12.1. The minimum atomic E-state index is -0.205. The molecule has 2 atom stereocenters. The first kappa shape index (κ1) is 25.1. The summed E-state index contributed by atoms with van der Waals surface area (Å²) in [4.78, 5) is 20.3. The lowest BCUT2D eigenvalue weighted by molar-refractivity contribution is -0.118. The van der Waals surface area contributed by atoms with E-state index in [-0.39, 0.29) is 18.3 Å². The fourth-order valence-electron chi connectivity index (χ4n) is 5.49. The number of amides is 1. The number of ether oxygens (including phenoxy) is 1. The van der Waals surface area contributed by atoms with E-state index < -0.39 is 0 Å². The molecular formula is C27H37ClN6O2. The van der Waals surface area contributed by atoms with E-state index in [1.165, 1.54) is 18.4 Å². The molecule has 4 heterocycles. The van der Waals surface area contributed by atoms with Crippen LogP contribution in [0.15, 0.2) is 60.7 Å². The summed E-state index contributed by atoms with van der Waals surface area (Å²) in [6.45, 7) is 7.78. The zero-order chi connectivity index (χ0) is 24.7. The summed E-state index contributed by atoms with van der Waals surface area (Å²) in [5.74, 6) is -0.110. The molecule has 4 aliphatic heterocycles. The van der Waals surface area contributed by atoms with Crippen molar-refractivity contribution >= 4 is 17.5 Å². The highest BCUT2D eigenvalue weighted by Gasteiger charge is 2.29. The fraction of sp³-hybridized carbons (Fsp3) is 0.519. The quantitative estimate of drug-likeness (QED) is 0.517. The molecule has 5 rings (SSSR count). The van der Waals surface area contributed by atoms with Crippen LogP contribution in [0.4, 0.5) is 0 Å². The number of benzene rings is 1. The van der Waals surface area contributed by atoms with E-state index in [1.54, 1.807) is 12.5 Å². The lowest BCUT2D eigenvalue weighted by Crippen LogP contribution is -2.50. The van der Waals surface area contributed by atoms with Crippen molar-refractivity contribution in [2.45, 2.75) is 44.2 Å². The molecule has 0 aliphatic carbocycles. The van der Waals surface area contributed by atoms with Crippen LogP contribution in [0.2, 0.25) is 5.02 Å². The smallest absolute Gasteiger partial charge is 0.267 e. The van der Waals surface area contributed by atoms with Crippen LogP contribution in [-0.4, -0.2) is 84.9 Å². The van der Waals surface area contributed by atoms with Gasteiger partial charge in [-0.05, 0) is 62.7 Å². The average Bonchev–Trinajstić information content (AvgIpc) is 3.32. The summed E-state index contributed by atoms with van der Waals surface area (Å²) >= 11 is 6.37. The highest BCUT2D eigenvalue weighted by Crippen LogP contribution is 2.23. The Balaban J connectivity index is 1.06. The molecule has 1 amide bonds. The molecule has 0 aromatic heterocycles. The lowest BCUT2D eigenvalue weighted by Gasteiger charge is -2.38. The first-order valence-corrected chi connectivity index (χ1v) is 13.5. The zero-order valence-electron chi connectivity index (χ0n) is 20.7.